The fourth-order valence-corrected chi connectivity index (χ4v) is 2.26. The SMILES string of the molecule is CCC(N)(CC)CNC(=O)C(C)c1cc2ccccc2o1. The van der Waals surface area contributed by atoms with Crippen LogP contribution in [0.5, 0.6) is 0 Å². The van der Waals surface area contributed by atoms with Crippen molar-refractivity contribution in [1.82, 2.24) is 5.32 Å². The topological polar surface area (TPSA) is 68.3 Å². The first-order valence-electron chi connectivity index (χ1n) is 7.54. The molecule has 0 spiro atoms. The van der Waals surface area contributed by atoms with E-state index < -0.39 is 0 Å². The quantitative estimate of drug-likeness (QED) is 0.858. The monoisotopic (exact) mass is 288 g/mol. The molecule has 0 radical (unpaired) electrons. The van der Waals surface area contributed by atoms with Gasteiger partial charge in [-0.25, -0.2) is 0 Å². The number of rotatable bonds is 6. The number of para-hydroxylation sites is 1. The summed E-state index contributed by atoms with van der Waals surface area (Å²) in [4.78, 5) is 12.3. The number of hydrogen-bond acceptors (Lipinski definition) is 3. The third-order valence-corrected chi connectivity index (χ3v) is 4.29. The molecule has 1 aromatic carbocycles. The van der Waals surface area contributed by atoms with Gasteiger partial charge in [-0.3, -0.25) is 4.79 Å². The predicted molar refractivity (Wildman–Crippen MR) is 85.1 cm³/mol. The largest absolute Gasteiger partial charge is 0.460 e. The van der Waals surface area contributed by atoms with E-state index in [1.54, 1.807) is 0 Å². The van der Waals surface area contributed by atoms with Crippen LogP contribution >= 0.6 is 0 Å². The van der Waals surface area contributed by atoms with Crippen LogP contribution < -0.4 is 11.1 Å². The molecule has 1 unspecified atom stereocenters. The van der Waals surface area contributed by atoms with Gasteiger partial charge in [0.1, 0.15) is 11.3 Å². The lowest BCUT2D eigenvalue weighted by molar-refractivity contribution is -0.122. The molecule has 0 saturated heterocycles. The predicted octanol–water partition coefficient (Wildman–Crippen LogP) is 3.17. The Morgan fingerprint density at radius 1 is 1.33 bits per heavy atom. The van der Waals surface area contributed by atoms with E-state index in [1.165, 1.54) is 0 Å². The lowest BCUT2D eigenvalue weighted by atomic mass is 9.94. The first-order chi connectivity index (χ1) is 9.99. The van der Waals surface area contributed by atoms with Crippen LogP contribution in [0.2, 0.25) is 0 Å². The second kappa shape index (κ2) is 6.31. The van der Waals surface area contributed by atoms with Crippen LogP contribution in [0, 0.1) is 0 Å². The van der Waals surface area contributed by atoms with Gasteiger partial charge >= 0.3 is 0 Å². The summed E-state index contributed by atoms with van der Waals surface area (Å²) in [5, 5.41) is 3.96. The zero-order valence-electron chi connectivity index (χ0n) is 13.0. The van der Waals surface area contributed by atoms with Crippen LogP contribution in [0.4, 0.5) is 0 Å². The minimum atomic E-state index is -0.330. The maximum Gasteiger partial charge on any atom is 0.230 e. The molecule has 2 rings (SSSR count). The molecule has 1 aromatic heterocycles. The third-order valence-electron chi connectivity index (χ3n) is 4.29. The Morgan fingerprint density at radius 3 is 2.62 bits per heavy atom. The summed E-state index contributed by atoms with van der Waals surface area (Å²) >= 11 is 0. The zero-order chi connectivity index (χ0) is 15.5. The van der Waals surface area contributed by atoms with E-state index in [1.807, 2.05) is 51.1 Å². The number of hydrogen-bond donors (Lipinski definition) is 2. The highest BCUT2D eigenvalue weighted by atomic mass is 16.3. The average Bonchev–Trinajstić information content (AvgIpc) is 2.95. The molecule has 3 N–H and O–H groups in total. The number of amides is 1. The van der Waals surface area contributed by atoms with Gasteiger partial charge in [-0.2, -0.15) is 0 Å². The molecule has 4 heteroatoms. The van der Waals surface area contributed by atoms with Crippen molar-refractivity contribution in [3.63, 3.8) is 0 Å². The average molecular weight is 288 g/mol. The minimum Gasteiger partial charge on any atom is -0.460 e. The molecule has 2 aromatic rings. The highest BCUT2D eigenvalue weighted by molar-refractivity contribution is 5.85. The number of nitrogens with two attached hydrogens (primary N) is 1. The number of furan rings is 1. The number of fused-ring (bicyclic) bond motifs is 1. The van der Waals surface area contributed by atoms with Crippen molar-refractivity contribution in [1.29, 1.82) is 0 Å². The van der Waals surface area contributed by atoms with E-state index in [4.69, 9.17) is 10.2 Å². The lowest BCUT2D eigenvalue weighted by Gasteiger charge is -2.27. The van der Waals surface area contributed by atoms with E-state index >= 15 is 0 Å². The number of carbonyl (C=O) groups is 1. The Labute approximate surface area is 125 Å². The Bertz CT molecular complexity index is 581. The second-order valence-electron chi connectivity index (χ2n) is 5.70. The molecule has 0 fully saturated rings. The Hall–Kier alpha value is -1.81. The number of benzene rings is 1. The molecular formula is C17H24N2O2. The fraction of sp³-hybridized carbons (Fsp3) is 0.471. The summed E-state index contributed by atoms with van der Waals surface area (Å²) in [6.07, 6.45) is 1.67. The molecule has 114 valence electrons. The maximum atomic E-state index is 12.3. The summed E-state index contributed by atoms with van der Waals surface area (Å²) < 4.78 is 5.74. The molecular weight excluding hydrogens is 264 g/mol. The van der Waals surface area contributed by atoms with E-state index in [2.05, 4.69) is 5.32 Å². The molecule has 21 heavy (non-hydrogen) atoms. The summed E-state index contributed by atoms with van der Waals surface area (Å²) in [5.74, 6) is 0.311. The Morgan fingerprint density at radius 2 is 2.00 bits per heavy atom. The summed E-state index contributed by atoms with van der Waals surface area (Å²) in [6.45, 7) is 6.42. The van der Waals surface area contributed by atoms with Gasteiger partial charge in [0.25, 0.3) is 0 Å². The van der Waals surface area contributed by atoms with Gasteiger partial charge in [0.05, 0.1) is 5.92 Å². The zero-order valence-corrected chi connectivity index (χ0v) is 13.0. The van der Waals surface area contributed by atoms with Crippen molar-refractivity contribution in [2.75, 3.05) is 6.54 Å². The molecule has 4 nitrogen and oxygen atoms in total. The number of nitrogens with one attached hydrogen (secondary N) is 1. The normalized spacial score (nSPS) is 13.3. The van der Waals surface area contributed by atoms with Gasteiger partial charge in [0.15, 0.2) is 0 Å². The summed E-state index contributed by atoms with van der Waals surface area (Å²) in [5.41, 5.74) is 6.68. The lowest BCUT2D eigenvalue weighted by Crippen LogP contribution is -2.49. The molecule has 1 amide bonds. The van der Waals surface area contributed by atoms with Gasteiger partial charge in [0.2, 0.25) is 5.91 Å². The molecule has 0 bridgehead atoms. The minimum absolute atomic E-state index is 0.0502. The molecule has 0 saturated carbocycles. The van der Waals surface area contributed by atoms with Crippen molar-refractivity contribution < 1.29 is 9.21 Å². The van der Waals surface area contributed by atoms with Gasteiger partial charge in [-0.1, -0.05) is 32.0 Å². The van der Waals surface area contributed by atoms with Crippen LogP contribution in [0.25, 0.3) is 11.0 Å². The standard InChI is InChI=1S/C17H24N2O2/c1-4-17(18,5-2)11-19-16(20)12(3)15-10-13-8-6-7-9-14(13)21-15/h6-10,12H,4-5,11,18H2,1-3H3,(H,19,20). The van der Waals surface area contributed by atoms with Gasteiger partial charge < -0.3 is 15.5 Å². The molecule has 0 aliphatic rings. The highest BCUT2D eigenvalue weighted by Crippen LogP contribution is 2.25. The first kappa shape index (κ1) is 15.6. The van der Waals surface area contributed by atoms with Crippen LogP contribution in [0.15, 0.2) is 34.7 Å². The van der Waals surface area contributed by atoms with Crippen molar-refractivity contribution in [2.24, 2.45) is 5.73 Å². The molecule has 0 aliphatic heterocycles. The Kier molecular flexibility index (Phi) is 4.68. The van der Waals surface area contributed by atoms with Crippen molar-refractivity contribution in [3.8, 4) is 0 Å². The van der Waals surface area contributed by atoms with Crippen molar-refractivity contribution >= 4 is 16.9 Å². The highest BCUT2D eigenvalue weighted by Gasteiger charge is 2.24. The van der Waals surface area contributed by atoms with Gasteiger partial charge in [-0.15, -0.1) is 0 Å². The van der Waals surface area contributed by atoms with E-state index in [0.717, 1.165) is 23.8 Å². The van der Waals surface area contributed by atoms with Crippen LogP contribution in [0.3, 0.4) is 0 Å². The number of carbonyl (C=O) groups excluding carboxylic acids is 1. The van der Waals surface area contributed by atoms with E-state index in [9.17, 15) is 4.79 Å². The second-order valence-corrected chi connectivity index (χ2v) is 5.70. The molecule has 1 heterocycles. The fourth-order valence-electron chi connectivity index (χ4n) is 2.26. The smallest absolute Gasteiger partial charge is 0.230 e. The molecule has 0 aliphatic carbocycles. The molecule has 1 atom stereocenters. The van der Waals surface area contributed by atoms with Crippen LogP contribution in [-0.2, 0) is 4.79 Å². The van der Waals surface area contributed by atoms with E-state index in [0.29, 0.717) is 12.3 Å². The summed E-state index contributed by atoms with van der Waals surface area (Å²) in [7, 11) is 0. The van der Waals surface area contributed by atoms with Gasteiger partial charge in [0, 0.05) is 17.5 Å². The van der Waals surface area contributed by atoms with Crippen LogP contribution in [0.1, 0.15) is 45.3 Å². The first-order valence-corrected chi connectivity index (χ1v) is 7.54. The van der Waals surface area contributed by atoms with Crippen molar-refractivity contribution in [2.45, 2.75) is 45.1 Å². The Balaban J connectivity index is 2.05. The van der Waals surface area contributed by atoms with Crippen LogP contribution in [-0.4, -0.2) is 18.0 Å². The van der Waals surface area contributed by atoms with E-state index in [-0.39, 0.29) is 17.4 Å². The summed E-state index contributed by atoms with van der Waals surface area (Å²) in [6, 6.07) is 9.69. The van der Waals surface area contributed by atoms with Gasteiger partial charge in [-0.05, 0) is 31.9 Å². The third kappa shape index (κ3) is 3.45. The maximum absolute atomic E-state index is 12.3. The van der Waals surface area contributed by atoms with Crippen molar-refractivity contribution in [3.05, 3.63) is 36.1 Å².